The van der Waals surface area contributed by atoms with Crippen LogP contribution >= 0.6 is 11.3 Å². The molecule has 3 aromatic heterocycles. The molecule has 0 saturated heterocycles. The number of alkyl carbamates (subject to hydrolysis) is 1. The molecule has 12 heteroatoms. The van der Waals surface area contributed by atoms with Crippen LogP contribution in [0.1, 0.15) is 66.5 Å². The van der Waals surface area contributed by atoms with Crippen LogP contribution in [0.5, 0.6) is 0 Å². The van der Waals surface area contributed by atoms with Gasteiger partial charge < -0.3 is 25.4 Å². The minimum atomic E-state index is -0.572. The van der Waals surface area contributed by atoms with Crippen LogP contribution in [0.15, 0.2) is 29.9 Å². The van der Waals surface area contributed by atoms with Gasteiger partial charge in [0, 0.05) is 17.6 Å². The van der Waals surface area contributed by atoms with Gasteiger partial charge in [-0.15, -0.1) is 11.3 Å². The first-order valence-electron chi connectivity index (χ1n) is 11.7. The molecule has 0 unspecified atom stereocenters. The Morgan fingerprint density at radius 3 is 2.64 bits per heavy atom. The van der Waals surface area contributed by atoms with Crippen molar-refractivity contribution in [1.82, 2.24) is 19.9 Å². The molecule has 1 saturated carbocycles. The molecule has 0 aliphatic heterocycles. The van der Waals surface area contributed by atoms with E-state index >= 15 is 0 Å². The fourth-order valence-corrected chi connectivity index (χ4v) is 4.80. The summed E-state index contributed by atoms with van der Waals surface area (Å²) in [4.78, 5) is 41.9. The number of aromatic nitrogens is 3. The van der Waals surface area contributed by atoms with E-state index in [9.17, 15) is 14.4 Å². The largest absolute Gasteiger partial charge is 0.465 e. The molecule has 3 aromatic rings. The van der Waals surface area contributed by atoms with Crippen molar-refractivity contribution in [3.05, 3.63) is 40.3 Å². The van der Waals surface area contributed by atoms with Gasteiger partial charge in [-0.3, -0.25) is 4.79 Å². The number of nitrogens with one attached hydrogen (secondary N) is 3. The van der Waals surface area contributed by atoms with Gasteiger partial charge in [-0.2, -0.15) is 5.10 Å². The van der Waals surface area contributed by atoms with Crippen molar-refractivity contribution in [3.8, 4) is 0 Å². The Kier molecular flexibility index (Phi) is 7.43. The highest BCUT2D eigenvalue weighted by molar-refractivity contribution is 7.12. The van der Waals surface area contributed by atoms with Crippen LogP contribution in [0.2, 0.25) is 0 Å². The first kappa shape index (κ1) is 25.4. The number of carbonyl (C=O) groups is 3. The molecule has 0 aromatic carbocycles. The van der Waals surface area contributed by atoms with E-state index in [-0.39, 0.29) is 17.6 Å². The van der Waals surface area contributed by atoms with Crippen molar-refractivity contribution in [1.29, 1.82) is 0 Å². The quantitative estimate of drug-likeness (QED) is 0.419. The van der Waals surface area contributed by atoms with Gasteiger partial charge in [0.25, 0.3) is 5.91 Å². The minimum Gasteiger partial charge on any atom is -0.465 e. The van der Waals surface area contributed by atoms with E-state index in [4.69, 9.17) is 9.47 Å². The van der Waals surface area contributed by atoms with Crippen LogP contribution in [-0.4, -0.2) is 57.4 Å². The van der Waals surface area contributed by atoms with Gasteiger partial charge in [0.1, 0.15) is 21.9 Å². The average molecular weight is 515 g/mol. The van der Waals surface area contributed by atoms with E-state index < -0.39 is 23.6 Å². The fourth-order valence-electron chi connectivity index (χ4n) is 4.04. The molecule has 1 aliphatic carbocycles. The average Bonchev–Trinajstić information content (AvgIpc) is 3.45. The molecule has 11 nitrogen and oxygen atoms in total. The van der Waals surface area contributed by atoms with Crippen LogP contribution in [0, 0.1) is 0 Å². The molecule has 36 heavy (non-hydrogen) atoms. The van der Waals surface area contributed by atoms with Gasteiger partial charge in [-0.05, 0) is 45.7 Å². The second-order valence-corrected chi connectivity index (χ2v) is 10.5. The standard InChI is InChI=1S/C24H30N6O5S/c1-24(2,3)35-23(33)28-17-8-6-5-7-16(17)27-19-9-10-30-20(29-19)15(12-25-30)21(31)26-14-11-18(36-13-14)22(32)34-4/h9-13,16-17H,5-8H2,1-4H3,(H,26,31)(H,27,29)(H,28,33)/t16-,17+/m1/s1. The first-order chi connectivity index (χ1) is 17.1. The van der Waals surface area contributed by atoms with Gasteiger partial charge >= 0.3 is 12.1 Å². The molecule has 3 heterocycles. The maximum atomic E-state index is 12.9. The fraction of sp³-hybridized carbons (Fsp3) is 0.458. The van der Waals surface area contributed by atoms with Crippen LogP contribution in [0.25, 0.3) is 5.65 Å². The van der Waals surface area contributed by atoms with E-state index in [1.54, 1.807) is 23.7 Å². The molecule has 192 valence electrons. The third-order valence-electron chi connectivity index (χ3n) is 5.66. The molecule has 4 rings (SSSR count). The number of thiophene rings is 1. The normalized spacial score (nSPS) is 17.9. The number of esters is 1. The Morgan fingerprint density at radius 1 is 1.17 bits per heavy atom. The number of fused-ring (bicyclic) bond motifs is 1. The van der Waals surface area contributed by atoms with Crippen molar-refractivity contribution in [2.45, 2.75) is 64.1 Å². The lowest BCUT2D eigenvalue weighted by Gasteiger charge is -2.33. The molecule has 0 bridgehead atoms. The van der Waals surface area contributed by atoms with Crippen molar-refractivity contribution in [3.63, 3.8) is 0 Å². The molecule has 0 spiro atoms. The highest BCUT2D eigenvalue weighted by Crippen LogP contribution is 2.24. The zero-order valence-electron chi connectivity index (χ0n) is 20.7. The van der Waals surface area contributed by atoms with Gasteiger partial charge in [-0.1, -0.05) is 12.8 Å². The minimum absolute atomic E-state index is 0.0380. The predicted molar refractivity (Wildman–Crippen MR) is 136 cm³/mol. The molecule has 1 aliphatic rings. The Morgan fingerprint density at radius 2 is 1.92 bits per heavy atom. The zero-order chi connectivity index (χ0) is 25.9. The second kappa shape index (κ2) is 10.5. The third-order valence-corrected chi connectivity index (χ3v) is 6.57. The molecule has 1 fully saturated rings. The summed E-state index contributed by atoms with van der Waals surface area (Å²) < 4.78 is 11.7. The number of hydrogen-bond acceptors (Lipinski definition) is 9. The molecule has 2 atom stereocenters. The smallest absolute Gasteiger partial charge is 0.407 e. The molecular formula is C24H30N6O5S. The first-order valence-corrected chi connectivity index (χ1v) is 12.6. The van der Waals surface area contributed by atoms with E-state index in [1.807, 2.05) is 20.8 Å². The van der Waals surface area contributed by atoms with Crippen molar-refractivity contribution >= 4 is 46.5 Å². The van der Waals surface area contributed by atoms with Crippen LogP contribution in [0.3, 0.4) is 0 Å². The number of hydrogen-bond donors (Lipinski definition) is 3. The number of carbonyl (C=O) groups excluding carboxylic acids is 3. The maximum Gasteiger partial charge on any atom is 0.407 e. The third kappa shape index (κ3) is 6.11. The number of anilines is 2. The molecule has 2 amide bonds. The predicted octanol–water partition coefficient (Wildman–Crippen LogP) is 4.08. The van der Waals surface area contributed by atoms with Gasteiger partial charge in [0.2, 0.25) is 0 Å². The summed E-state index contributed by atoms with van der Waals surface area (Å²) in [7, 11) is 1.31. The van der Waals surface area contributed by atoms with Gasteiger partial charge in [0.05, 0.1) is 25.0 Å². The summed E-state index contributed by atoms with van der Waals surface area (Å²) in [6.45, 7) is 5.49. The van der Waals surface area contributed by atoms with E-state index in [1.165, 1.54) is 29.2 Å². The SMILES string of the molecule is COC(=O)c1cc(NC(=O)c2cnn3ccc(N[C@@H]4CCCC[C@@H]4NC(=O)OC(C)(C)C)nc23)cs1. The maximum absolute atomic E-state index is 12.9. The highest BCUT2D eigenvalue weighted by Gasteiger charge is 2.29. The summed E-state index contributed by atoms with van der Waals surface area (Å²) in [6, 6.07) is 3.19. The molecular weight excluding hydrogens is 484 g/mol. The number of ether oxygens (including phenoxy) is 2. The topological polar surface area (TPSA) is 136 Å². The highest BCUT2D eigenvalue weighted by atomic mass is 32.1. The summed E-state index contributed by atoms with van der Waals surface area (Å²) in [6.07, 6.45) is 6.46. The van der Waals surface area contributed by atoms with Crippen molar-refractivity contribution in [2.75, 3.05) is 17.7 Å². The second-order valence-electron chi connectivity index (χ2n) is 9.57. The lowest BCUT2D eigenvalue weighted by Crippen LogP contribution is -2.49. The molecule has 0 radical (unpaired) electrons. The van der Waals surface area contributed by atoms with Crippen LogP contribution < -0.4 is 16.0 Å². The van der Waals surface area contributed by atoms with E-state index in [2.05, 4.69) is 26.0 Å². The van der Waals surface area contributed by atoms with E-state index in [0.717, 1.165) is 25.7 Å². The summed E-state index contributed by atoms with van der Waals surface area (Å²) in [5, 5.41) is 15.1. The summed E-state index contributed by atoms with van der Waals surface area (Å²) in [5.41, 5.74) is 0.583. The summed E-state index contributed by atoms with van der Waals surface area (Å²) >= 11 is 1.18. The number of nitrogens with zero attached hydrogens (tertiary/aromatic N) is 3. The summed E-state index contributed by atoms with van der Waals surface area (Å²) in [5.74, 6) is -0.287. The van der Waals surface area contributed by atoms with E-state index in [0.29, 0.717) is 22.0 Å². The number of amides is 2. The Bertz CT molecular complexity index is 1260. The van der Waals surface area contributed by atoms with Crippen LogP contribution in [-0.2, 0) is 9.47 Å². The van der Waals surface area contributed by atoms with Crippen molar-refractivity contribution < 1.29 is 23.9 Å². The van der Waals surface area contributed by atoms with Gasteiger partial charge in [0.15, 0.2) is 5.65 Å². The van der Waals surface area contributed by atoms with Crippen LogP contribution in [0.4, 0.5) is 16.3 Å². The Hall–Kier alpha value is -3.67. The number of rotatable bonds is 6. The Balaban J connectivity index is 1.48. The zero-order valence-corrected chi connectivity index (χ0v) is 21.5. The lowest BCUT2D eigenvalue weighted by molar-refractivity contribution is 0.0487. The Labute approximate surface area is 212 Å². The molecule has 3 N–H and O–H groups in total. The lowest BCUT2D eigenvalue weighted by atomic mass is 9.90. The monoisotopic (exact) mass is 514 g/mol. The number of methoxy groups -OCH3 is 1. The van der Waals surface area contributed by atoms with Crippen molar-refractivity contribution in [2.24, 2.45) is 0 Å². The van der Waals surface area contributed by atoms with Gasteiger partial charge in [-0.25, -0.2) is 19.1 Å².